The standard InChI is InChI=1S/C19H28N2O4/c1-4-10-20-18(22)14-8-11-21(12-9-14)19(23)15-6-7-16(25-5-2)17(13-15)24-3/h6-7,13-14H,4-5,8-12H2,1-3H3,(H,20,22). The quantitative estimate of drug-likeness (QED) is 0.822. The maximum Gasteiger partial charge on any atom is 0.253 e. The van der Waals surface area contributed by atoms with Crippen LogP contribution in [0.4, 0.5) is 0 Å². The smallest absolute Gasteiger partial charge is 0.253 e. The molecule has 0 unspecified atom stereocenters. The maximum atomic E-state index is 12.7. The topological polar surface area (TPSA) is 67.9 Å². The van der Waals surface area contributed by atoms with Crippen LogP contribution in [0.5, 0.6) is 11.5 Å². The molecule has 6 nitrogen and oxygen atoms in total. The minimum absolute atomic E-state index is 0.00506. The Morgan fingerprint density at radius 1 is 1.20 bits per heavy atom. The van der Waals surface area contributed by atoms with Crippen LogP contribution < -0.4 is 14.8 Å². The molecule has 0 atom stereocenters. The van der Waals surface area contributed by atoms with Gasteiger partial charge in [-0.05, 0) is 44.4 Å². The fraction of sp³-hybridized carbons (Fsp3) is 0.579. The van der Waals surface area contributed by atoms with E-state index in [1.807, 2.05) is 13.8 Å². The number of rotatable bonds is 7. The van der Waals surface area contributed by atoms with Gasteiger partial charge in [-0.25, -0.2) is 0 Å². The van der Waals surface area contributed by atoms with Gasteiger partial charge in [0, 0.05) is 31.1 Å². The monoisotopic (exact) mass is 348 g/mol. The first-order valence-corrected chi connectivity index (χ1v) is 8.98. The molecule has 0 aromatic heterocycles. The summed E-state index contributed by atoms with van der Waals surface area (Å²) in [4.78, 5) is 26.6. The molecule has 2 amide bonds. The van der Waals surface area contributed by atoms with Crippen molar-refractivity contribution in [1.29, 1.82) is 0 Å². The van der Waals surface area contributed by atoms with Gasteiger partial charge < -0.3 is 19.7 Å². The van der Waals surface area contributed by atoms with Gasteiger partial charge in [0.1, 0.15) is 0 Å². The highest BCUT2D eigenvalue weighted by Gasteiger charge is 2.28. The number of piperidine rings is 1. The summed E-state index contributed by atoms with van der Waals surface area (Å²) in [6.07, 6.45) is 2.34. The van der Waals surface area contributed by atoms with Crippen LogP contribution in [0.2, 0.25) is 0 Å². The van der Waals surface area contributed by atoms with E-state index in [4.69, 9.17) is 9.47 Å². The predicted molar refractivity (Wildman–Crippen MR) is 96.1 cm³/mol. The number of carbonyl (C=O) groups excluding carboxylic acids is 2. The van der Waals surface area contributed by atoms with Crippen LogP contribution in [0.3, 0.4) is 0 Å². The summed E-state index contributed by atoms with van der Waals surface area (Å²) >= 11 is 0. The molecule has 1 heterocycles. The maximum absolute atomic E-state index is 12.7. The lowest BCUT2D eigenvalue weighted by molar-refractivity contribution is -0.126. The number of hydrogen-bond donors (Lipinski definition) is 1. The van der Waals surface area contributed by atoms with Crippen LogP contribution >= 0.6 is 0 Å². The molecule has 1 aromatic rings. The third kappa shape index (κ3) is 4.87. The fourth-order valence-electron chi connectivity index (χ4n) is 3.00. The van der Waals surface area contributed by atoms with E-state index in [1.54, 1.807) is 30.2 Å². The van der Waals surface area contributed by atoms with Crippen LogP contribution in [0.1, 0.15) is 43.5 Å². The molecule has 0 radical (unpaired) electrons. The summed E-state index contributed by atoms with van der Waals surface area (Å²) in [7, 11) is 1.56. The van der Waals surface area contributed by atoms with E-state index in [0.29, 0.717) is 56.1 Å². The van der Waals surface area contributed by atoms with Gasteiger partial charge in [0.25, 0.3) is 5.91 Å². The number of ether oxygens (including phenoxy) is 2. The first kappa shape index (κ1) is 19.1. The lowest BCUT2D eigenvalue weighted by Gasteiger charge is -2.31. The highest BCUT2D eigenvalue weighted by atomic mass is 16.5. The zero-order valence-electron chi connectivity index (χ0n) is 15.3. The molecule has 1 aliphatic heterocycles. The minimum Gasteiger partial charge on any atom is -0.493 e. The average Bonchev–Trinajstić information content (AvgIpc) is 2.66. The Morgan fingerprint density at radius 3 is 2.52 bits per heavy atom. The van der Waals surface area contributed by atoms with Crippen molar-refractivity contribution in [2.45, 2.75) is 33.1 Å². The predicted octanol–water partition coefficient (Wildman–Crippen LogP) is 2.47. The van der Waals surface area contributed by atoms with Crippen molar-refractivity contribution in [3.8, 4) is 11.5 Å². The van der Waals surface area contributed by atoms with Crippen molar-refractivity contribution in [2.75, 3.05) is 33.4 Å². The molecule has 1 N–H and O–H groups in total. The first-order chi connectivity index (χ1) is 12.1. The van der Waals surface area contributed by atoms with E-state index in [-0.39, 0.29) is 17.7 Å². The lowest BCUT2D eigenvalue weighted by atomic mass is 9.95. The lowest BCUT2D eigenvalue weighted by Crippen LogP contribution is -2.43. The summed E-state index contributed by atoms with van der Waals surface area (Å²) < 4.78 is 10.8. The van der Waals surface area contributed by atoms with Crippen LogP contribution in [0.25, 0.3) is 0 Å². The molecule has 0 spiro atoms. The second kappa shape index (κ2) is 9.30. The third-order valence-electron chi connectivity index (χ3n) is 4.41. The van der Waals surface area contributed by atoms with Crippen molar-refractivity contribution >= 4 is 11.8 Å². The normalized spacial score (nSPS) is 14.9. The second-order valence-corrected chi connectivity index (χ2v) is 6.16. The van der Waals surface area contributed by atoms with E-state index in [9.17, 15) is 9.59 Å². The largest absolute Gasteiger partial charge is 0.493 e. The molecular formula is C19H28N2O4. The Balaban J connectivity index is 1.97. The number of amides is 2. The van der Waals surface area contributed by atoms with Crippen molar-refractivity contribution in [3.63, 3.8) is 0 Å². The van der Waals surface area contributed by atoms with Crippen LogP contribution in [-0.2, 0) is 4.79 Å². The van der Waals surface area contributed by atoms with E-state index < -0.39 is 0 Å². The average molecular weight is 348 g/mol. The van der Waals surface area contributed by atoms with Gasteiger partial charge in [0.2, 0.25) is 5.91 Å². The summed E-state index contributed by atoms with van der Waals surface area (Å²) in [5.41, 5.74) is 0.578. The SMILES string of the molecule is CCCNC(=O)C1CCN(C(=O)c2ccc(OCC)c(OC)c2)CC1. The summed E-state index contributed by atoms with van der Waals surface area (Å²) in [5, 5.41) is 2.94. The third-order valence-corrected chi connectivity index (χ3v) is 4.41. The van der Waals surface area contributed by atoms with E-state index in [0.717, 1.165) is 6.42 Å². The molecule has 2 rings (SSSR count). The Labute approximate surface area is 149 Å². The van der Waals surface area contributed by atoms with Crippen molar-refractivity contribution < 1.29 is 19.1 Å². The highest BCUT2D eigenvalue weighted by molar-refractivity contribution is 5.95. The molecule has 25 heavy (non-hydrogen) atoms. The van der Waals surface area contributed by atoms with Crippen molar-refractivity contribution in [2.24, 2.45) is 5.92 Å². The van der Waals surface area contributed by atoms with Crippen LogP contribution in [0.15, 0.2) is 18.2 Å². The van der Waals surface area contributed by atoms with Gasteiger partial charge in [-0.3, -0.25) is 9.59 Å². The van der Waals surface area contributed by atoms with Crippen LogP contribution in [-0.4, -0.2) is 50.1 Å². The van der Waals surface area contributed by atoms with Gasteiger partial charge in [-0.2, -0.15) is 0 Å². The Kier molecular flexibility index (Phi) is 7.10. The zero-order valence-corrected chi connectivity index (χ0v) is 15.3. The number of benzene rings is 1. The first-order valence-electron chi connectivity index (χ1n) is 8.98. The Morgan fingerprint density at radius 2 is 1.92 bits per heavy atom. The number of likely N-dealkylation sites (tertiary alicyclic amines) is 1. The summed E-state index contributed by atoms with van der Waals surface area (Å²) in [5.74, 6) is 1.27. The molecule has 6 heteroatoms. The van der Waals surface area contributed by atoms with E-state index >= 15 is 0 Å². The minimum atomic E-state index is -0.0336. The molecule has 1 aliphatic rings. The van der Waals surface area contributed by atoms with Gasteiger partial charge in [0.05, 0.1) is 13.7 Å². The number of nitrogens with one attached hydrogen (secondary N) is 1. The van der Waals surface area contributed by atoms with Crippen molar-refractivity contribution in [1.82, 2.24) is 10.2 Å². The van der Waals surface area contributed by atoms with Gasteiger partial charge in [-0.15, -0.1) is 0 Å². The number of carbonyl (C=O) groups is 2. The Hall–Kier alpha value is -2.24. The molecule has 0 saturated carbocycles. The Bertz CT molecular complexity index is 595. The van der Waals surface area contributed by atoms with Crippen molar-refractivity contribution in [3.05, 3.63) is 23.8 Å². The molecule has 1 saturated heterocycles. The zero-order chi connectivity index (χ0) is 18.2. The molecular weight excluding hydrogens is 320 g/mol. The molecule has 1 fully saturated rings. The highest BCUT2D eigenvalue weighted by Crippen LogP contribution is 2.29. The summed E-state index contributed by atoms with van der Waals surface area (Å²) in [6, 6.07) is 5.24. The second-order valence-electron chi connectivity index (χ2n) is 6.16. The van der Waals surface area contributed by atoms with E-state index in [2.05, 4.69) is 5.32 Å². The molecule has 1 aromatic carbocycles. The molecule has 0 aliphatic carbocycles. The fourth-order valence-corrected chi connectivity index (χ4v) is 3.00. The number of hydrogen-bond acceptors (Lipinski definition) is 4. The number of methoxy groups -OCH3 is 1. The van der Waals surface area contributed by atoms with E-state index in [1.165, 1.54) is 0 Å². The van der Waals surface area contributed by atoms with Crippen LogP contribution in [0, 0.1) is 5.92 Å². The number of nitrogens with zero attached hydrogens (tertiary/aromatic N) is 1. The van der Waals surface area contributed by atoms with Gasteiger partial charge >= 0.3 is 0 Å². The molecule has 0 bridgehead atoms. The summed E-state index contributed by atoms with van der Waals surface area (Å²) in [6.45, 7) is 6.38. The van der Waals surface area contributed by atoms with Gasteiger partial charge in [0.15, 0.2) is 11.5 Å². The molecule has 138 valence electrons. The van der Waals surface area contributed by atoms with Gasteiger partial charge in [-0.1, -0.05) is 6.92 Å².